The van der Waals surface area contributed by atoms with Crippen molar-refractivity contribution in [1.82, 2.24) is 5.32 Å². The quantitative estimate of drug-likeness (QED) is 0.835. The van der Waals surface area contributed by atoms with Crippen molar-refractivity contribution < 1.29 is 4.42 Å². The zero-order valence-electron chi connectivity index (χ0n) is 12.4. The van der Waals surface area contributed by atoms with Gasteiger partial charge in [-0.3, -0.25) is 0 Å². The normalized spacial score (nSPS) is 15.4. The van der Waals surface area contributed by atoms with Gasteiger partial charge in [0.05, 0.1) is 6.54 Å². The van der Waals surface area contributed by atoms with Gasteiger partial charge in [0.25, 0.3) is 0 Å². The van der Waals surface area contributed by atoms with Gasteiger partial charge in [0.15, 0.2) is 0 Å². The first-order valence-corrected chi connectivity index (χ1v) is 8.27. The van der Waals surface area contributed by atoms with E-state index in [4.69, 9.17) is 4.42 Å². The summed E-state index contributed by atoms with van der Waals surface area (Å²) in [4.78, 5) is 0. The standard InChI is InChI=1S/C17H22BrNO/c1-10(2)6-14-15-8-12(18)7-11(3)17(15)20-16(14)9-19-13-4-5-13/h7-8,10,13,19H,4-6,9H2,1-3H3. The van der Waals surface area contributed by atoms with Crippen LogP contribution < -0.4 is 5.32 Å². The van der Waals surface area contributed by atoms with Crippen LogP contribution in [-0.2, 0) is 13.0 Å². The Morgan fingerprint density at radius 1 is 1.35 bits per heavy atom. The maximum Gasteiger partial charge on any atom is 0.137 e. The minimum absolute atomic E-state index is 0.634. The van der Waals surface area contributed by atoms with E-state index in [1.54, 1.807) is 0 Å². The van der Waals surface area contributed by atoms with Crippen LogP contribution in [0.25, 0.3) is 11.0 Å². The second-order valence-corrected chi connectivity index (χ2v) is 7.27. The fraction of sp³-hybridized carbons (Fsp3) is 0.529. The summed E-state index contributed by atoms with van der Waals surface area (Å²) in [6, 6.07) is 5.04. The van der Waals surface area contributed by atoms with Crippen molar-refractivity contribution in [3.8, 4) is 0 Å². The summed E-state index contributed by atoms with van der Waals surface area (Å²) in [5.74, 6) is 1.76. The highest BCUT2D eigenvalue weighted by atomic mass is 79.9. The van der Waals surface area contributed by atoms with Crippen molar-refractivity contribution in [1.29, 1.82) is 0 Å². The van der Waals surface area contributed by atoms with Crippen LogP contribution in [0, 0.1) is 12.8 Å². The van der Waals surface area contributed by atoms with Crippen molar-refractivity contribution in [2.45, 2.75) is 52.6 Å². The molecular formula is C17H22BrNO. The fourth-order valence-electron chi connectivity index (χ4n) is 2.72. The number of rotatable bonds is 5. The van der Waals surface area contributed by atoms with E-state index in [1.165, 1.54) is 29.4 Å². The molecule has 1 aliphatic rings. The zero-order valence-corrected chi connectivity index (χ0v) is 14.0. The molecule has 0 bridgehead atoms. The number of nitrogens with one attached hydrogen (secondary N) is 1. The summed E-state index contributed by atoms with van der Waals surface area (Å²) in [6.07, 6.45) is 3.69. The Morgan fingerprint density at radius 3 is 2.75 bits per heavy atom. The second kappa shape index (κ2) is 5.53. The molecule has 1 heterocycles. The minimum atomic E-state index is 0.634. The van der Waals surface area contributed by atoms with Crippen LogP contribution in [0.2, 0.25) is 0 Å². The van der Waals surface area contributed by atoms with Gasteiger partial charge >= 0.3 is 0 Å². The van der Waals surface area contributed by atoms with E-state index in [2.05, 4.69) is 54.2 Å². The lowest BCUT2D eigenvalue weighted by Crippen LogP contribution is -2.16. The molecule has 2 nitrogen and oxygen atoms in total. The molecule has 0 saturated heterocycles. The third-order valence-corrected chi connectivity index (χ3v) is 4.33. The molecule has 2 aromatic rings. The smallest absolute Gasteiger partial charge is 0.137 e. The van der Waals surface area contributed by atoms with Gasteiger partial charge < -0.3 is 9.73 Å². The van der Waals surface area contributed by atoms with Gasteiger partial charge in [-0.15, -0.1) is 0 Å². The number of furan rings is 1. The highest BCUT2D eigenvalue weighted by molar-refractivity contribution is 9.10. The minimum Gasteiger partial charge on any atom is -0.459 e. The number of fused-ring (bicyclic) bond motifs is 1. The van der Waals surface area contributed by atoms with Crippen LogP contribution in [0.3, 0.4) is 0 Å². The Kier molecular flexibility index (Phi) is 3.91. The van der Waals surface area contributed by atoms with Crippen molar-refractivity contribution in [2.24, 2.45) is 5.92 Å². The highest BCUT2D eigenvalue weighted by Crippen LogP contribution is 2.33. The molecule has 1 aromatic heterocycles. The SMILES string of the molecule is Cc1cc(Br)cc2c(CC(C)C)c(CNC3CC3)oc12. The van der Waals surface area contributed by atoms with Gasteiger partial charge in [-0.2, -0.15) is 0 Å². The first kappa shape index (κ1) is 14.2. The first-order valence-electron chi connectivity index (χ1n) is 7.48. The van der Waals surface area contributed by atoms with Crippen LogP contribution in [-0.4, -0.2) is 6.04 Å². The third kappa shape index (κ3) is 2.94. The molecule has 0 amide bonds. The van der Waals surface area contributed by atoms with E-state index in [1.807, 2.05) is 0 Å². The molecule has 1 N–H and O–H groups in total. The Morgan fingerprint density at radius 2 is 2.10 bits per heavy atom. The number of hydrogen-bond acceptors (Lipinski definition) is 2. The summed E-state index contributed by atoms with van der Waals surface area (Å²) in [6.45, 7) is 7.51. The van der Waals surface area contributed by atoms with Crippen molar-refractivity contribution in [3.63, 3.8) is 0 Å². The molecule has 0 atom stereocenters. The van der Waals surface area contributed by atoms with E-state index in [0.717, 1.165) is 28.8 Å². The summed E-state index contributed by atoms with van der Waals surface area (Å²) in [7, 11) is 0. The molecule has 108 valence electrons. The largest absolute Gasteiger partial charge is 0.459 e. The van der Waals surface area contributed by atoms with Crippen LogP contribution in [0.4, 0.5) is 0 Å². The van der Waals surface area contributed by atoms with Crippen LogP contribution >= 0.6 is 15.9 Å². The van der Waals surface area contributed by atoms with Gasteiger partial charge in [-0.05, 0) is 49.8 Å². The lowest BCUT2D eigenvalue weighted by atomic mass is 9.99. The van der Waals surface area contributed by atoms with E-state index >= 15 is 0 Å². The van der Waals surface area contributed by atoms with Crippen molar-refractivity contribution >= 4 is 26.9 Å². The molecule has 0 spiro atoms. The van der Waals surface area contributed by atoms with Crippen molar-refractivity contribution in [3.05, 3.63) is 33.5 Å². The predicted octanol–water partition coefficient (Wildman–Crippen LogP) is 4.95. The molecule has 0 aliphatic heterocycles. The van der Waals surface area contributed by atoms with Gasteiger partial charge in [-0.1, -0.05) is 29.8 Å². The predicted molar refractivity (Wildman–Crippen MR) is 87.1 cm³/mol. The average Bonchev–Trinajstić information content (AvgIpc) is 3.12. The number of aryl methyl sites for hydroxylation is 1. The maximum absolute atomic E-state index is 6.18. The van der Waals surface area contributed by atoms with E-state index in [-0.39, 0.29) is 0 Å². The molecule has 3 rings (SSSR count). The Balaban J connectivity index is 2.03. The molecule has 1 saturated carbocycles. The number of halogens is 1. The van der Waals surface area contributed by atoms with Gasteiger partial charge in [0, 0.05) is 21.5 Å². The Labute approximate surface area is 129 Å². The van der Waals surface area contributed by atoms with Crippen LogP contribution in [0.5, 0.6) is 0 Å². The van der Waals surface area contributed by atoms with Crippen molar-refractivity contribution in [2.75, 3.05) is 0 Å². The summed E-state index contributed by atoms with van der Waals surface area (Å²) in [5.41, 5.74) is 3.64. The Bertz CT molecular complexity index is 625. The second-order valence-electron chi connectivity index (χ2n) is 6.36. The monoisotopic (exact) mass is 335 g/mol. The topological polar surface area (TPSA) is 25.2 Å². The summed E-state index contributed by atoms with van der Waals surface area (Å²) in [5, 5.41) is 4.85. The molecule has 0 radical (unpaired) electrons. The van der Waals surface area contributed by atoms with Gasteiger partial charge in [0.2, 0.25) is 0 Å². The summed E-state index contributed by atoms with van der Waals surface area (Å²) < 4.78 is 7.31. The molecule has 1 fully saturated rings. The summed E-state index contributed by atoms with van der Waals surface area (Å²) >= 11 is 3.61. The number of benzene rings is 1. The highest BCUT2D eigenvalue weighted by Gasteiger charge is 2.23. The van der Waals surface area contributed by atoms with E-state index < -0.39 is 0 Å². The molecule has 3 heteroatoms. The van der Waals surface area contributed by atoms with Crippen LogP contribution in [0.15, 0.2) is 21.0 Å². The molecule has 1 aliphatic carbocycles. The van der Waals surface area contributed by atoms with Gasteiger partial charge in [0.1, 0.15) is 11.3 Å². The molecule has 20 heavy (non-hydrogen) atoms. The Hall–Kier alpha value is -0.800. The lowest BCUT2D eigenvalue weighted by molar-refractivity contribution is 0.499. The maximum atomic E-state index is 6.18. The third-order valence-electron chi connectivity index (χ3n) is 3.87. The first-order chi connectivity index (χ1) is 9.54. The fourth-order valence-corrected chi connectivity index (χ4v) is 3.30. The lowest BCUT2D eigenvalue weighted by Gasteiger charge is -2.07. The zero-order chi connectivity index (χ0) is 14.3. The average molecular weight is 336 g/mol. The number of hydrogen-bond donors (Lipinski definition) is 1. The van der Waals surface area contributed by atoms with Gasteiger partial charge in [-0.25, -0.2) is 0 Å². The van der Waals surface area contributed by atoms with E-state index in [9.17, 15) is 0 Å². The molecular weight excluding hydrogens is 314 g/mol. The molecule has 1 aromatic carbocycles. The molecule has 0 unspecified atom stereocenters. The van der Waals surface area contributed by atoms with Crippen LogP contribution in [0.1, 0.15) is 43.6 Å². The van der Waals surface area contributed by atoms with E-state index in [0.29, 0.717) is 12.0 Å².